The number of β-lactam (4-membered cyclic amide) rings is 1. The van der Waals surface area contributed by atoms with Crippen LogP contribution in [0, 0.1) is 0 Å². The first-order valence-electron chi connectivity index (χ1n) is 13.2. The molecule has 0 saturated carbocycles. The van der Waals surface area contributed by atoms with Crippen LogP contribution in [0.5, 0.6) is 5.75 Å². The lowest BCUT2D eigenvalue weighted by atomic mass is 10.0. The first kappa shape index (κ1) is 30.0. The topological polar surface area (TPSA) is 111 Å². The number of benzene rings is 2. The smallest absolute Gasteiger partial charge is 0.356 e. The number of esters is 2. The van der Waals surface area contributed by atoms with E-state index in [0.29, 0.717) is 22.0 Å². The summed E-state index contributed by atoms with van der Waals surface area (Å²) in [5.74, 6) is -0.662. The highest BCUT2D eigenvalue weighted by Gasteiger charge is 2.55. The van der Waals surface area contributed by atoms with Gasteiger partial charge in [0.1, 0.15) is 29.5 Å². The van der Waals surface area contributed by atoms with Crippen molar-refractivity contribution in [1.82, 2.24) is 10.2 Å². The van der Waals surface area contributed by atoms with Crippen LogP contribution in [0.4, 0.5) is 0 Å². The first-order valence-corrected chi connectivity index (χ1v) is 16.4. The van der Waals surface area contributed by atoms with Crippen LogP contribution in [0.1, 0.15) is 18.1 Å². The third-order valence-corrected chi connectivity index (χ3v) is 11.7. The van der Waals surface area contributed by atoms with Gasteiger partial charge in [0.2, 0.25) is 5.91 Å². The van der Waals surface area contributed by atoms with E-state index in [4.69, 9.17) is 14.2 Å². The maximum atomic E-state index is 13.7. The lowest BCUT2D eigenvalue weighted by molar-refractivity contribution is -0.153. The number of amides is 2. The van der Waals surface area contributed by atoms with Crippen molar-refractivity contribution in [3.8, 4) is 5.75 Å². The lowest BCUT2D eigenvalue weighted by Gasteiger charge is -2.50. The fraction of sp³-hybridized carbons (Fsp3) is 0.267. The number of carbonyl (C=O) groups is 4. The van der Waals surface area contributed by atoms with Gasteiger partial charge in [-0.25, -0.2) is 9.59 Å². The quantitative estimate of drug-likeness (QED) is 0.219. The SMILES string of the molecule is CCOC(=O)C1=C[SH](C2=C(C(=O)OCc3ccc(OC)cc3)N3C(=O)[C@@H](NC(=O)Cc4ccccc4)C3SC2)C(Br)=C1. The van der Waals surface area contributed by atoms with Crippen LogP contribution in [-0.4, -0.2) is 59.5 Å². The summed E-state index contributed by atoms with van der Waals surface area (Å²) in [6, 6.07) is 15.6. The van der Waals surface area contributed by atoms with Crippen molar-refractivity contribution >= 4 is 62.3 Å². The number of thiol groups is 1. The molecule has 2 aromatic rings. The summed E-state index contributed by atoms with van der Waals surface area (Å²) in [6.45, 7) is 1.97. The number of ether oxygens (including phenoxy) is 3. The van der Waals surface area contributed by atoms with Gasteiger partial charge in [0, 0.05) is 14.5 Å². The minimum Gasteiger partial charge on any atom is -0.497 e. The van der Waals surface area contributed by atoms with E-state index in [-0.39, 0.29) is 37.1 Å². The minimum absolute atomic E-state index is 0.00443. The van der Waals surface area contributed by atoms with Gasteiger partial charge in [-0.3, -0.25) is 14.5 Å². The largest absolute Gasteiger partial charge is 0.497 e. The summed E-state index contributed by atoms with van der Waals surface area (Å²) in [5.41, 5.74) is 2.14. The molecule has 1 fully saturated rings. The number of nitrogens with one attached hydrogen (secondary N) is 1. The molecule has 12 heteroatoms. The molecule has 3 atom stereocenters. The van der Waals surface area contributed by atoms with Crippen molar-refractivity contribution in [3.63, 3.8) is 0 Å². The van der Waals surface area contributed by atoms with Crippen LogP contribution in [0.25, 0.3) is 0 Å². The van der Waals surface area contributed by atoms with Gasteiger partial charge in [0.15, 0.2) is 0 Å². The third-order valence-electron chi connectivity index (χ3n) is 6.77. The Bertz CT molecular complexity index is 1490. The molecule has 3 heterocycles. The molecule has 1 saturated heterocycles. The standard InChI is InChI=1S/C30H29BrN2O7S2/c1-3-39-29(36)20-14-23(31)42(17-20)22-16-41-28-25(32-24(34)13-18-7-5-4-6-8-18)27(35)33(28)26(22)30(37)40-15-19-9-11-21(38-2)12-10-19/h4-12,14,17,25,28,42H,3,13,15-16H2,1-2H3,(H,32,34)/t25-,28?/m1/s1. The Labute approximate surface area is 258 Å². The number of hydrogen-bond acceptors (Lipinski definition) is 8. The predicted molar refractivity (Wildman–Crippen MR) is 166 cm³/mol. The van der Waals surface area contributed by atoms with E-state index < -0.39 is 34.2 Å². The Morgan fingerprint density at radius 2 is 1.79 bits per heavy atom. The van der Waals surface area contributed by atoms with Gasteiger partial charge in [-0.1, -0.05) is 42.5 Å². The predicted octanol–water partition coefficient (Wildman–Crippen LogP) is 4.29. The maximum absolute atomic E-state index is 13.7. The average molecular weight is 674 g/mol. The second-order valence-corrected chi connectivity index (χ2v) is 14.1. The van der Waals surface area contributed by atoms with E-state index >= 15 is 0 Å². The highest BCUT2D eigenvalue weighted by molar-refractivity contribution is 9.14. The number of thioether (sulfide) groups is 1. The molecule has 5 rings (SSSR count). The average Bonchev–Trinajstić information content (AvgIpc) is 3.40. The molecule has 0 aromatic heterocycles. The van der Waals surface area contributed by atoms with Crippen LogP contribution >= 0.6 is 38.6 Å². The second-order valence-electron chi connectivity index (χ2n) is 9.48. The number of fused-ring (bicyclic) bond motifs is 1. The van der Waals surface area contributed by atoms with Crippen molar-refractivity contribution in [3.05, 3.63) is 97.2 Å². The molecule has 2 aromatic carbocycles. The van der Waals surface area contributed by atoms with Crippen LogP contribution < -0.4 is 10.1 Å². The minimum atomic E-state index is -1.27. The first-order chi connectivity index (χ1) is 20.3. The molecule has 0 aliphatic carbocycles. The molecule has 3 aliphatic rings. The maximum Gasteiger partial charge on any atom is 0.356 e. The van der Waals surface area contributed by atoms with Gasteiger partial charge in [0.05, 0.1) is 25.7 Å². The van der Waals surface area contributed by atoms with Crippen LogP contribution in [-0.2, 0) is 41.7 Å². The van der Waals surface area contributed by atoms with Crippen molar-refractivity contribution < 1.29 is 33.4 Å². The van der Waals surface area contributed by atoms with E-state index in [9.17, 15) is 19.2 Å². The Hall–Kier alpha value is -3.48. The third kappa shape index (κ3) is 6.30. The molecule has 220 valence electrons. The summed E-state index contributed by atoms with van der Waals surface area (Å²) >= 11 is 5.04. The van der Waals surface area contributed by atoms with Crippen molar-refractivity contribution in [2.75, 3.05) is 19.5 Å². The molecule has 9 nitrogen and oxygen atoms in total. The lowest BCUT2D eigenvalue weighted by Crippen LogP contribution is -2.70. The number of rotatable bonds is 10. The van der Waals surface area contributed by atoms with Crippen LogP contribution in [0.2, 0.25) is 0 Å². The van der Waals surface area contributed by atoms with E-state index in [0.717, 1.165) is 14.9 Å². The zero-order valence-electron chi connectivity index (χ0n) is 22.9. The van der Waals surface area contributed by atoms with E-state index in [1.807, 2.05) is 30.3 Å². The van der Waals surface area contributed by atoms with E-state index in [2.05, 4.69) is 21.2 Å². The summed E-state index contributed by atoms with van der Waals surface area (Å²) in [7, 11) is 0.300. The van der Waals surface area contributed by atoms with Gasteiger partial charge in [-0.2, -0.15) is 10.9 Å². The highest BCUT2D eigenvalue weighted by atomic mass is 79.9. The van der Waals surface area contributed by atoms with Gasteiger partial charge in [-0.05, 0) is 57.6 Å². The van der Waals surface area contributed by atoms with Crippen LogP contribution in [0.15, 0.2) is 86.1 Å². The Morgan fingerprint density at radius 3 is 2.48 bits per heavy atom. The molecule has 2 amide bonds. The summed E-state index contributed by atoms with van der Waals surface area (Å²) < 4.78 is 16.8. The Kier molecular flexibility index (Phi) is 9.44. The van der Waals surface area contributed by atoms with Crippen LogP contribution in [0.3, 0.4) is 0 Å². The summed E-state index contributed by atoms with van der Waals surface area (Å²) in [6.07, 6.45) is 1.84. The van der Waals surface area contributed by atoms with E-state index in [1.54, 1.807) is 49.8 Å². The van der Waals surface area contributed by atoms with Crippen molar-refractivity contribution in [2.24, 2.45) is 0 Å². The molecular formula is C30H29BrN2O7S2. The fourth-order valence-corrected chi connectivity index (χ4v) is 9.57. The number of hydrogen-bond donors (Lipinski definition) is 2. The molecule has 0 bridgehead atoms. The van der Waals surface area contributed by atoms with Crippen molar-refractivity contribution in [2.45, 2.75) is 31.4 Å². The van der Waals surface area contributed by atoms with Gasteiger partial charge >= 0.3 is 11.9 Å². The van der Waals surface area contributed by atoms with Gasteiger partial charge in [-0.15, -0.1) is 11.8 Å². The normalized spacial score (nSPS) is 21.9. The number of nitrogens with zero attached hydrogens (tertiary/aromatic N) is 1. The van der Waals surface area contributed by atoms with E-state index in [1.165, 1.54) is 16.7 Å². The molecule has 2 unspecified atom stereocenters. The zero-order valence-corrected chi connectivity index (χ0v) is 26.2. The number of carbonyl (C=O) groups excluding carboxylic acids is 4. The fourth-order valence-electron chi connectivity index (χ4n) is 4.69. The monoisotopic (exact) mass is 672 g/mol. The molecule has 0 radical (unpaired) electrons. The Balaban J connectivity index is 1.39. The summed E-state index contributed by atoms with van der Waals surface area (Å²) in [4.78, 5) is 54.4. The van der Waals surface area contributed by atoms with Crippen molar-refractivity contribution in [1.29, 1.82) is 0 Å². The molecule has 1 N–H and O–H groups in total. The summed E-state index contributed by atoms with van der Waals surface area (Å²) in [5, 5.41) is 4.17. The van der Waals surface area contributed by atoms with Gasteiger partial charge < -0.3 is 19.5 Å². The second kappa shape index (κ2) is 13.2. The zero-order chi connectivity index (χ0) is 29.8. The highest BCUT2D eigenvalue weighted by Crippen LogP contribution is 2.58. The molecule has 0 spiro atoms. The number of halogens is 1. The molecule has 42 heavy (non-hydrogen) atoms. The molecular weight excluding hydrogens is 644 g/mol. The molecule has 3 aliphatic heterocycles. The number of methoxy groups -OCH3 is 1. The Morgan fingerprint density at radius 1 is 1.05 bits per heavy atom. The van der Waals surface area contributed by atoms with Gasteiger partial charge in [0.25, 0.3) is 5.91 Å².